The lowest BCUT2D eigenvalue weighted by Gasteiger charge is -2.53. The second kappa shape index (κ2) is 6.26. The number of hydrogen-bond acceptors (Lipinski definition) is 4. The van der Waals surface area contributed by atoms with Crippen LogP contribution in [0.1, 0.15) is 33.7 Å². The molecular weight excluding hydrogens is 314 g/mol. The number of fused-ring (bicyclic) bond motifs is 1. The fourth-order valence-electron chi connectivity index (χ4n) is 4.24. The molecule has 132 valence electrons. The van der Waals surface area contributed by atoms with Crippen LogP contribution in [-0.2, 0) is 13.6 Å². The highest BCUT2D eigenvalue weighted by atomic mass is 16.2. The molecule has 0 unspecified atom stereocenters. The number of likely N-dealkylation sites (tertiary alicyclic amines) is 2. The van der Waals surface area contributed by atoms with E-state index >= 15 is 0 Å². The highest BCUT2D eigenvalue weighted by Crippen LogP contribution is 2.34. The van der Waals surface area contributed by atoms with Gasteiger partial charge in [0.15, 0.2) is 0 Å². The van der Waals surface area contributed by atoms with Gasteiger partial charge in [-0.25, -0.2) is 0 Å². The van der Waals surface area contributed by atoms with E-state index in [0.717, 1.165) is 55.5 Å². The lowest BCUT2D eigenvalue weighted by Crippen LogP contribution is -2.64. The smallest absolute Gasteiger partial charge is 0.257 e. The van der Waals surface area contributed by atoms with Crippen molar-refractivity contribution >= 4 is 5.91 Å². The first-order valence-electron chi connectivity index (χ1n) is 8.97. The standard InChI is InChI=1S/C19H25N5O/c1-13-18(14(2)22(3)21-13)19(25)23-8-6-16-11-24(17(16)12-23)10-15-5-4-7-20-9-15/h4-5,7,9,16-17H,6,8,10-12H2,1-3H3/t16-,17-/m1/s1. The van der Waals surface area contributed by atoms with Crippen molar-refractivity contribution in [3.8, 4) is 0 Å². The Bertz CT molecular complexity index is 785. The van der Waals surface area contributed by atoms with Crippen molar-refractivity contribution in [2.24, 2.45) is 13.0 Å². The zero-order chi connectivity index (χ0) is 17.6. The zero-order valence-corrected chi connectivity index (χ0v) is 15.1. The number of hydrogen-bond donors (Lipinski definition) is 0. The molecule has 0 saturated carbocycles. The van der Waals surface area contributed by atoms with Crippen molar-refractivity contribution < 1.29 is 4.79 Å². The third-order valence-electron chi connectivity index (χ3n) is 5.78. The van der Waals surface area contributed by atoms with Gasteiger partial charge in [0, 0.05) is 57.4 Å². The molecule has 0 spiro atoms. The molecule has 0 aliphatic carbocycles. The van der Waals surface area contributed by atoms with Crippen molar-refractivity contribution in [3.63, 3.8) is 0 Å². The molecule has 25 heavy (non-hydrogen) atoms. The Morgan fingerprint density at radius 2 is 2.16 bits per heavy atom. The molecule has 2 atom stereocenters. The highest BCUT2D eigenvalue weighted by Gasteiger charge is 2.43. The molecule has 2 saturated heterocycles. The molecular formula is C19H25N5O. The summed E-state index contributed by atoms with van der Waals surface area (Å²) < 4.78 is 1.80. The van der Waals surface area contributed by atoms with E-state index in [0.29, 0.717) is 6.04 Å². The molecule has 2 aliphatic rings. The third-order valence-corrected chi connectivity index (χ3v) is 5.78. The number of carbonyl (C=O) groups excluding carboxylic acids is 1. The minimum atomic E-state index is 0.134. The monoisotopic (exact) mass is 339 g/mol. The molecule has 2 aromatic rings. The number of pyridine rings is 1. The molecule has 4 heterocycles. The van der Waals surface area contributed by atoms with Gasteiger partial charge >= 0.3 is 0 Å². The molecule has 0 N–H and O–H groups in total. The maximum atomic E-state index is 13.0. The van der Waals surface area contributed by atoms with Gasteiger partial charge in [0.2, 0.25) is 0 Å². The van der Waals surface area contributed by atoms with Crippen LogP contribution in [-0.4, -0.2) is 56.1 Å². The maximum absolute atomic E-state index is 13.0. The van der Waals surface area contributed by atoms with Gasteiger partial charge in [-0.2, -0.15) is 5.10 Å². The van der Waals surface area contributed by atoms with Crippen molar-refractivity contribution in [1.29, 1.82) is 0 Å². The summed E-state index contributed by atoms with van der Waals surface area (Å²) in [5.41, 5.74) is 3.79. The molecule has 6 heteroatoms. The summed E-state index contributed by atoms with van der Waals surface area (Å²) in [5, 5.41) is 4.40. The third kappa shape index (κ3) is 2.84. The molecule has 4 rings (SSSR count). The van der Waals surface area contributed by atoms with E-state index in [1.807, 2.05) is 44.3 Å². The van der Waals surface area contributed by atoms with Crippen LogP contribution in [0.2, 0.25) is 0 Å². The first-order chi connectivity index (χ1) is 12.0. The summed E-state index contributed by atoms with van der Waals surface area (Å²) in [6, 6.07) is 4.57. The van der Waals surface area contributed by atoms with Crippen molar-refractivity contribution in [3.05, 3.63) is 47.0 Å². The first kappa shape index (κ1) is 16.3. The van der Waals surface area contributed by atoms with Crippen LogP contribution in [0, 0.1) is 19.8 Å². The van der Waals surface area contributed by atoms with Crippen LogP contribution in [0.3, 0.4) is 0 Å². The Kier molecular flexibility index (Phi) is 4.07. The van der Waals surface area contributed by atoms with E-state index in [-0.39, 0.29) is 5.91 Å². The molecule has 0 radical (unpaired) electrons. The number of aryl methyl sites for hydroxylation is 2. The fourth-order valence-corrected chi connectivity index (χ4v) is 4.24. The average Bonchev–Trinajstić information content (AvgIpc) is 2.85. The molecule has 6 nitrogen and oxygen atoms in total. The largest absolute Gasteiger partial charge is 0.337 e. The van der Waals surface area contributed by atoms with Gasteiger partial charge in [-0.05, 0) is 37.8 Å². The van der Waals surface area contributed by atoms with E-state index in [4.69, 9.17) is 0 Å². The number of carbonyl (C=O) groups is 1. The number of amides is 1. The SMILES string of the molecule is Cc1nn(C)c(C)c1C(=O)N1CC[C@@H]2CN(Cc3cccnc3)[C@@H]2C1. The van der Waals surface area contributed by atoms with Crippen LogP contribution in [0.25, 0.3) is 0 Å². The Morgan fingerprint density at radius 1 is 1.32 bits per heavy atom. The normalized spacial score (nSPS) is 23.2. The summed E-state index contributed by atoms with van der Waals surface area (Å²) >= 11 is 0. The first-order valence-corrected chi connectivity index (χ1v) is 8.97. The van der Waals surface area contributed by atoms with E-state index < -0.39 is 0 Å². The van der Waals surface area contributed by atoms with Gasteiger partial charge in [-0.3, -0.25) is 19.4 Å². The number of aromatic nitrogens is 3. The summed E-state index contributed by atoms with van der Waals surface area (Å²) in [4.78, 5) is 21.7. The van der Waals surface area contributed by atoms with Crippen LogP contribution in [0.15, 0.2) is 24.5 Å². The minimum Gasteiger partial charge on any atom is -0.337 e. The second-order valence-corrected chi connectivity index (χ2v) is 7.33. The van der Waals surface area contributed by atoms with Gasteiger partial charge in [-0.1, -0.05) is 6.07 Å². The maximum Gasteiger partial charge on any atom is 0.257 e. The Morgan fingerprint density at radius 3 is 2.84 bits per heavy atom. The van der Waals surface area contributed by atoms with E-state index in [1.54, 1.807) is 4.68 Å². The quantitative estimate of drug-likeness (QED) is 0.855. The number of nitrogens with zero attached hydrogens (tertiary/aromatic N) is 5. The Balaban J connectivity index is 1.46. The van der Waals surface area contributed by atoms with E-state index in [9.17, 15) is 4.79 Å². The van der Waals surface area contributed by atoms with Crippen molar-refractivity contribution in [2.75, 3.05) is 19.6 Å². The molecule has 0 aromatic carbocycles. The molecule has 2 aromatic heterocycles. The van der Waals surface area contributed by atoms with Gasteiger partial charge in [-0.15, -0.1) is 0 Å². The van der Waals surface area contributed by atoms with Crippen LogP contribution in [0.5, 0.6) is 0 Å². The number of piperidine rings is 1. The lowest BCUT2D eigenvalue weighted by atomic mass is 9.81. The topological polar surface area (TPSA) is 54.3 Å². The second-order valence-electron chi connectivity index (χ2n) is 7.33. The summed E-state index contributed by atoms with van der Waals surface area (Å²) in [6.45, 7) is 7.61. The predicted molar refractivity (Wildman–Crippen MR) is 95.1 cm³/mol. The van der Waals surface area contributed by atoms with Gasteiger partial charge < -0.3 is 4.90 Å². The summed E-state index contributed by atoms with van der Waals surface area (Å²) in [5.74, 6) is 0.853. The zero-order valence-electron chi connectivity index (χ0n) is 15.1. The summed E-state index contributed by atoms with van der Waals surface area (Å²) in [7, 11) is 1.90. The number of rotatable bonds is 3. The van der Waals surface area contributed by atoms with Crippen molar-refractivity contribution in [2.45, 2.75) is 32.9 Å². The van der Waals surface area contributed by atoms with Crippen LogP contribution in [0.4, 0.5) is 0 Å². The minimum absolute atomic E-state index is 0.134. The fraction of sp³-hybridized carbons (Fsp3) is 0.526. The van der Waals surface area contributed by atoms with E-state index in [2.05, 4.69) is 21.0 Å². The highest BCUT2D eigenvalue weighted by molar-refractivity contribution is 5.96. The van der Waals surface area contributed by atoms with Gasteiger partial charge in [0.1, 0.15) is 0 Å². The van der Waals surface area contributed by atoms with E-state index in [1.165, 1.54) is 5.56 Å². The molecule has 0 bridgehead atoms. The molecule has 1 amide bonds. The Labute approximate surface area is 148 Å². The summed E-state index contributed by atoms with van der Waals surface area (Å²) in [6.07, 6.45) is 4.84. The molecule has 2 aliphatic heterocycles. The predicted octanol–water partition coefficient (Wildman–Crippen LogP) is 1.78. The lowest BCUT2D eigenvalue weighted by molar-refractivity contribution is -0.0428. The van der Waals surface area contributed by atoms with Gasteiger partial charge in [0.25, 0.3) is 5.91 Å². The Hall–Kier alpha value is -2.21. The van der Waals surface area contributed by atoms with Gasteiger partial charge in [0.05, 0.1) is 11.3 Å². The average molecular weight is 339 g/mol. The van der Waals surface area contributed by atoms with Crippen LogP contribution < -0.4 is 0 Å². The van der Waals surface area contributed by atoms with Crippen molar-refractivity contribution in [1.82, 2.24) is 24.6 Å². The molecule has 2 fully saturated rings. The van der Waals surface area contributed by atoms with Crippen LogP contribution >= 0.6 is 0 Å².